The smallest absolute Gasteiger partial charge is 0.325 e. The fourth-order valence-corrected chi connectivity index (χ4v) is 3.12. The molecule has 4 nitrogen and oxygen atoms in total. The number of aryl methyl sites for hydroxylation is 1. The fourth-order valence-electron chi connectivity index (χ4n) is 3.12. The number of halogens is 3. The van der Waals surface area contributed by atoms with Gasteiger partial charge in [-0.3, -0.25) is 9.59 Å². The van der Waals surface area contributed by atoms with Gasteiger partial charge in [0.2, 0.25) is 11.8 Å². The van der Waals surface area contributed by atoms with Crippen molar-refractivity contribution in [3.8, 4) is 0 Å². The standard InChI is InChI=1S/C20H19F3N2O2/c1-2-13-7-9-15(10-8-13)25-12-14(11-18(25)26)19(27)24-17-6-4-3-5-16(17)20(21,22)23/h3-10,14H,2,11-12H2,1H3,(H,24,27)/t14-/m1/s1. The summed E-state index contributed by atoms with van der Waals surface area (Å²) in [6.45, 7) is 2.17. The first-order chi connectivity index (χ1) is 12.8. The van der Waals surface area contributed by atoms with Crippen molar-refractivity contribution in [1.29, 1.82) is 0 Å². The number of hydrogen-bond acceptors (Lipinski definition) is 2. The van der Waals surface area contributed by atoms with E-state index in [1.165, 1.54) is 23.1 Å². The van der Waals surface area contributed by atoms with Crippen molar-refractivity contribution in [2.75, 3.05) is 16.8 Å². The molecule has 7 heteroatoms. The number of nitrogens with one attached hydrogen (secondary N) is 1. The zero-order valence-corrected chi connectivity index (χ0v) is 14.7. The average molecular weight is 376 g/mol. The number of anilines is 2. The second-order valence-electron chi connectivity index (χ2n) is 6.46. The van der Waals surface area contributed by atoms with Crippen LogP contribution in [0.15, 0.2) is 48.5 Å². The Morgan fingerprint density at radius 2 is 1.81 bits per heavy atom. The topological polar surface area (TPSA) is 49.4 Å². The lowest BCUT2D eigenvalue weighted by Gasteiger charge is -2.18. The van der Waals surface area contributed by atoms with Crippen LogP contribution in [0.25, 0.3) is 0 Å². The maximum Gasteiger partial charge on any atom is 0.418 e. The van der Waals surface area contributed by atoms with Crippen LogP contribution in [-0.4, -0.2) is 18.4 Å². The van der Waals surface area contributed by atoms with E-state index >= 15 is 0 Å². The van der Waals surface area contributed by atoms with Gasteiger partial charge in [0.15, 0.2) is 0 Å². The predicted octanol–water partition coefficient (Wildman–Crippen LogP) is 4.26. The second kappa shape index (κ2) is 7.42. The fraction of sp³-hybridized carbons (Fsp3) is 0.300. The number of amides is 2. The number of nitrogens with zero attached hydrogens (tertiary/aromatic N) is 1. The van der Waals surface area contributed by atoms with E-state index in [0.717, 1.165) is 18.1 Å². The van der Waals surface area contributed by atoms with Gasteiger partial charge in [0.05, 0.1) is 17.2 Å². The van der Waals surface area contributed by atoms with E-state index in [2.05, 4.69) is 5.32 Å². The predicted molar refractivity (Wildman–Crippen MR) is 96.4 cm³/mol. The summed E-state index contributed by atoms with van der Waals surface area (Å²) >= 11 is 0. The van der Waals surface area contributed by atoms with Crippen LogP contribution in [0.2, 0.25) is 0 Å². The van der Waals surface area contributed by atoms with Crippen molar-refractivity contribution in [3.63, 3.8) is 0 Å². The third-order valence-electron chi connectivity index (χ3n) is 4.64. The number of benzene rings is 2. The van der Waals surface area contributed by atoms with Gasteiger partial charge < -0.3 is 10.2 Å². The minimum absolute atomic E-state index is 0.0322. The maximum absolute atomic E-state index is 13.1. The van der Waals surface area contributed by atoms with Gasteiger partial charge in [-0.15, -0.1) is 0 Å². The molecule has 0 unspecified atom stereocenters. The number of hydrogen-bond donors (Lipinski definition) is 1. The van der Waals surface area contributed by atoms with Crippen molar-refractivity contribution in [1.82, 2.24) is 0 Å². The van der Waals surface area contributed by atoms with Crippen LogP contribution in [-0.2, 0) is 22.2 Å². The van der Waals surface area contributed by atoms with E-state index < -0.39 is 23.6 Å². The molecule has 142 valence electrons. The van der Waals surface area contributed by atoms with Crippen LogP contribution in [0.1, 0.15) is 24.5 Å². The number of carbonyl (C=O) groups excluding carboxylic acids is 2. The molecule has 0 aromatic heterocycles. The molecule has 2 aromatic rings. The molecule has 2 aromatic carbocycles. The molecule has 1 heterocycles. The highest BCUT2D eigenvalue weighted by Gasteiger charge is 2.37. The molecule has 0 saturated carbocycles. The Balaban J connectivity index is 1.73. The Morgan fingerprint density at radius 1 is 1.15 bits per heavy atom. The van der Waals surface area contributed by atoms with Crippen molar-refractivity contribution in [3.05, 3.63) is 59.7 Å². The van der Waals surface area contributed by atoms with E-state index in [0.29, 0.717) is 5.69 Å². The van der Waals surface area contributed by atoms with Crippen molar-refractivity contribution in [2.24, 2.45) is 5.92 Å². The van der Waals surface area contributed by atoms with Gasteiger partial charge in [0.1, 0.15) is 0 Å². The minimum Gasteiger partial charge on any atom is -0.325 e. The van der Waals surface area contributed by atoms with Crippen LogP contribution in [0.3, 0.4) is 0 Å². The van der Waals surface area contributed by atoms with E-state index in [9.17, 15) is 22.8 Å². The number of alkyl halides is 3. The zero-order valence-electron chi connectivity index (χ0n) is 14.7. The minimum atomic E-state index is -4.57. The average Bonchev–Trinajstić information content (AvgIpc) is 3.03. The Morgan fingerprint density at radius 3 is 2.44 bits per heavy atom. The molecular weight excluding hydrogens is 357 g/mol. The van der Waals surface area contributed by atoms with E-state index in [-0.39, 0.29) is 24.6 Å². The summed E-state index contributed by atoms with van der Waals surface area (Å²) in [5.74, 6) is -1.51. The second-order valence-corrected chi connectivity index (χ2v) is 6.46. The lowest BCUT2D eigenvalue weighted by atomic mass is 10.1. The van der Waals surface area contributed by atoms with Crippen molar-refractivity contribution < 1.29 is 22.8 Å². The summed E-state index contributed by atoms with van der Waals surface area (Å²) in [7, 11) is 0. The van der Waals surface area contributed by atoms with Gasteiger partial charge >= 0.3 is 6.18 Å². The molecule has 1 fully saturated rings. The van der Waals surface area contributed by atoms with Gasteiger partial charge in [-0.25, -0.2) is 0 Å². The molecular formula is C20H19F3N2O2. The Hall–Kier alpha value is -2.83. The zero-order chi connectivity index (χ0) is 19.6. The molecule has 2 amide bonds. The summed E-state index contributed by atoms with van der Waals surface area (Å²) in [4.78, 5) is 26.2. The Labute approximate surface area is 155 Å². The normalized spacial score (nSPS) is 17.3. The molecule has 1 atom stereocenters. The highest BCUT2D eigenvalue weighted by molar-refractivity contribution is 6.03. The van der Waals surface area contributed by atoms with Crippen LogP contribution >= 0.6 is 0 Å². The van der Waals surface area contributed by atoms with Gasteiger partial charge in [-0.1, -0.05) is 31.2 Å². The third kappa shape index (κ3) is 4.13. The summed E-state index contributed by atoms with van der Waals surface area (Å²) in [6, 6.07) is 12.3. The third-order valence-corrected chi connectivity index (χ3v) is 4.64. The first-order valence-corrected chi connectivity index (χ1v) is 8.66. The van der Waals surface area contributed by atoms with Crippen molar-refractivity contribution in [2.45, 2.75) is 25.9 Å². The molecule has 1 N–H and O–H groups in total. The first-order valence-electron chi connectivity index (χ1n) is 8.66. The maximum atomic E-state index is 13.1. The Bertz CT molecular complexity index is 847. The van der Waals surface area contributed by atoms with Gasteiger partial charge in [-0.2, -0.15) is 13.2 Å². The number of rotatable bonds is 4. The molecule has 0 aliphatic carbocycles. The molecule has 1 saturated heterocycles. The van der Waals surface area contributed by atoms with E-state index in [1.54, 1.807) is 0 Å². The van der Waals surface area contributed by atoms with Crippen LogP contribution in [0.4, 0.5) is 24.5 Å². The van der Waals surface area contributed by atoms with Crippen LogP contribution in [0, 0.1) is 5.92 Å². The summed E-state index contributed by atoms with van der Waals surface area (Å²) in [5.41, 5.74) is 0.606. The first kappa shape index (κ1) is 18.9. The lowest BCUT2D eigenvalue weighted by molar-refractivity contribution is -0.137. The summed E-state index contributed by atoms with van der Waals surface area (Å²) in [5, 5.41) is 2.33. The van der Waals surface area contributed by atoms with E-state index in [1.807, 2.05) is 31.2 Å². The SMILES string of the molecule is CCc1ccc(N2C[C@H](C(=O)Nc3ccccc3C(F)(F)F)CC2=O)cc1. The molecule has 0 spiro atoms. The molecule has 1 aliphatic heterocycles. The summed E-state index contributed by atoms with van der Waals surface area (Å²) in [6.07, 6.45) is -3.73. The van der Waals surface area contributed by atoms with Gasteiger partial charge in [0, 0.05) is 18.7 Å². The van der Waals surface area contributed by atoms with Crippen LogP contribution in [0.5, 0.6) is 0 Å². The molecule has 3 rings (SSSR count). The van der Waals surface area contributed by atoms with Crippen LogP contribution < -0.4 is 10.2 Å². The Kier molecular flexibility index (Phi) is 5.21. The number of para-hydroxylation sites is 1. The molecule has 27 heavy (non-hydrogen) atoms. The van der Waals surface area contributed by atoms with Gasteiger partial charge in [-0.05, 0) is 36.2 Å². The van der Waals surface area contributed by atoms with Gasteiger partial charge in [0.25, 0.3) is 0 Å². The largest absolute Gasteiger partial charge is 0.418 e. The quantitative estimate of drug-likeness (QED) is 0.867. The molecule has 0 bridgehead atoms. The molecule has 0 radical (unpaired) electrons. The lowest BCUT2D eigenvalue weighted by Crippen LogP contribution is -2.28. The highest BCUT2D eigenvalue weighted by atomic mass is 19.4. The number of carbonyl (C=O) groups is 2. The van der Waals surface area contributed by atoms with E-state index in [4.69, 9.17) is 0 Å². The summed E-state index contributed by atoms with van der Waals surface area (Å²) < 4.78 is 39.2. The molecule has 1 aliphatic rings. The van der Waals surface area contributed by atoms with Crippen molar-refractivity contribution >= 4 is 23.2 Å². The highest BCUT2D eigenvalue weighted by Crippen LogP contribution is 2.35. The monoisotopic (exact) mass is 376 g/mol.